The number of rotatable bonds is 3. The van der Waals surface area contributed by atoms with Gasteiger partial charge in [-0.05, 0) is 17.7 Å². The average Bonchev–Trinajstić information content (AvgIpc) is 2.35. The van der Waals surface area contributed by atoms with Gasteiger partial charge in [0, 0.05) is 34.5 Å². The summed E-state index contributed by atoms with van der Waals surface area (Å²) in [5, 5.41) is 4.35. The van der Waals surface area contributed by atoms with Crippen molar-refractivity contribution in [3.63, 3.8) is 0 Å². The molecule has 0 aromatic heterocycles. The van der Waals surface area contributed by atoms with Crippen LogP contribution in [-0.4, -0.2) is 29.9 Å². The molecule has 1 heterocycles. The van der Waals surface area contributed by atoms with Gasteiger partial charge in [-0.2, -0.15) is 11.8 Å². The van der Waals surface area contributed by atoms with Crippen LogP contribution in [0, 0.1) is 0 Å². The second kappa shape index (κ2) is 6.10. The summed E-state index contributed by atoms with van der Waals surface area (Å²) in [4.78, 5) is 12.1. The molecule has 1 saturated heterocycles. The van der Waals surface area contributed by atoms with Crippen molar-refractivity contribution in [1.29, 1.82) is 0 Å². The van der Waals surface area contributed by atoms with Gasteiger partial charge in [-0.3, -0.25) is 4.79 Å². The lowest BCUT2D eigenvalue weighted by atomic mass is 10.0. The molecule has 0 saturated carbocycles. The van der Waals surface area contributed by atoms with Gasteiger partial charge in [0.1, 0.15) is 0 Å². The van der Waals surface area contributed by atoms with Gasteiger partial charge < -0.3 is 5.32 Å². The summed E-state index contributed by atoms with van der Waals surface area (Å²) in [6, 6.07) is 5.24. The first-order valence-electron chi connectivity index (χ1n) is 5.45. The van der Waals surface area contributed by atoms with Crippen molar-refractivity contribution in [1.82, 2.24) is 5.32 Å². The van der Waals surface area contributed by atoms with Crippen LogP contribution >= 0.6 is 35.0 Å². The molecule has 0 spiro atoms. The number of Topliss-reactive ketones (excluding diaryl/α,β-unsaturated/α-hetero) is 1. The summed E-state index contributed by atoms with van der Waals surface area (Å²) >= 11 is 13.9. The van der Waals surface area contributed by atoms with Crippen LogP contribution in [0.1, 0.15) is 5.56 Å². The van der Waals surface area contributed by atoms with E-state index in [0.717, 1.165) is 23.6 Å². The third-order valence-electron chi connectivity index (χ3n) is 2.72. The molecule has 1 aliphatic rings. The monoisotopic (exact) mass is 289 g/mol. The maximum absolute atomic E-state index is 12.1. The van der Waals surface area contributed by atoms with Crippen LogP contribution in [-0.2, 0) is 11.2 Å². The molecule has 1 N–H and O–H groups in total. The molecule has 1 aromatic carbocycles. The molecule has 2 nitrogen and oxygen atoms in total. The highest BCUT2D eigenvalue weighted by Crippen LogP contribution is 2.25. The zero-order chi connectivity index (χ0) is 12.3. The second-order valence-electron chi connectivity index (χ2n) is 3.92. The molecule has 1 fully saturated rings. The van der Waals surface area contributed by atoms with Crippen molar-refractivity contribution in [2.45, 2.75) is 12.5 Å². The minimum Gasteiger partial charge on any atom is -0.306 e. The van der Waals surface area contributed by atoms with E-state index in [1.807, 2.05) is 0 Å². The zero-order valence-corrected chi connectivity index (χ0v) is 11.5. The van der Waals surface area contributed by atoms with Gasteiger partial charge in [-0.15, -0.1) is 0 Å². The van der Waals surface area contributed by atoms with Crippen LogP contribution in [0.3, 0.4) is 0 Å². The molecule has 1 unspecified atom stereocenters. The molecule has 0 bridgehead atoms. The Kier molecular flexibility index (Phi) is 4.74. The molecule has 0 radical (unpaired) electrons. The SMILES string of the molecule is O=C(Cc1c(Cl)cccc1Cl)C1CSCCN1. The number of carbonyl (C=O) groups excluding carboxylic acids is 1. The first kappa shape index (κ1) is 13.2. The molecular formula is C12H13Cl2NOS. The summed E-state index contributed by atoms with van der Waals surface area (Å²) in [6.07, 6.45) is 0.302. The number of thioether (sulfide) groups is 1. The Morgan fingerprint density at radius 3 is 2.71 bits per heavy atom. The second-order valence-corrected chi connectivity index (χ2v) is 5.89. The van der Waals surface area contributed by atoms with Crippen molar-refractivity contribution >= 4 is 40.7 Å². The van der Waals surface area contributed by atoms with Gasteiger partial charge in [0.05, 0.1) is 6.04 Å². The van der Waals surface area contributed by atoms with Gasteiger partial charge in [-0.25, -0.2) is 0 Å². The van der Waals surface area contributed by atoms with Gasteiger partial charge in [0.15, 0.2) is 5.78 Å². The van der Waals surface area contributed by atoms with Crippen molar-refractivity contribution in [3.8, 4) is 0 Å². The Morgan fingerprint density at radius 2 is 2.12 bits per heavy atom. The molecule has 0 amide bonds. The number of carbonyl (C=O) groups is 1. The summed E-state index contributed by atoms with van der Waals surface area (Å²) in [7, 11) is 0. The van der Waals surface area contributed by atoms with Gasteiger partial charge in [0.2, 0.25) is 0 Å². The Hall–Kier alpha value is -0.220. The predicted molar refractivity (Wildman–Crippen MR) is 74.3 cm³/mol. The molecule has 5 heteroatoms. The van der Waals surface area contributed by atoms with Crippen molar-refractivity contribution in [3.05, 3.63) is 33.8 Å². The average molecular weight is 290 g/mol. The largest absolute Gasteiger partial charge is 0.306 e. The molecule has 2 rings (SSSR count). The fourth-order valence-electron chi connectivity index (χ4n) is 1.77. The third-order valence-corrected chi connectivity index (χ3v) is 4.49. The van der Waals surface area contributed by atoms with E-state index in [9.17, 15) is 4.79 Å². The highest BCUT2D eigenvalue weighted by Gasteiger charge is 2.22. The molecule has 0 aliphatic carbocycles. The van der Waals surface area contributed by atoms with E-state index in [1.165, 1.54) is 0 Å². The molecule has 17 heavy (non-hydrogen) atoms. The number of nitrogens with one attached hydrogen (secondary N) is 1. The zero-order valence-electron chi connectivity index (χ0n) is 9.21. The van der Waals surface area contributed by atoms with Crippen LogP contribution in [0.5, 0.6) is 0 Å². The van der Waals surface area contributed by atoms with Crippen LogP contribution < -0.4 is 5.32 Å². The van der Waals surface area contributed by atoms with Crippen molar-refractivity contribution < 1.29 is 4.79 Å². The van der Waals surface area contributed by atoms with Gasteiger partial charge >= 0.3 is 0 Å². The number of halogens is 2. The number of hydrogen-bond acceptors (Lipinski definition) is 3. The summed E-state index contributed by atoms with van der Waals surface area (Å²) in [5.41, 5.74) is 0.734. The lowest BCUT2D eigenvalue weighted by Gasteiger charge is -2.22. The van der Waals surface area contributed by atoms with Crippen LogP contribution in [0.25, 0.3) is 0 Å². The first-order valence-corrected chi connectivity index (χ1v) is 7.36. The maximum atomic E-state index is 12.1. The Morgan fingerprint density at radius 1 is 1.41 bits per heavy atom. The highest BCUT2D eigenvalue weighted by atomic mass is 35.5. The van der Waals surface area contributed by atoms with Crippen LogP contribution in [0.4, 0.5) is 0 Å². The number of benzene rings is 1. The van der Waals surface area contributed by atoms with E-state index >= 15 is 0 Å². The molecule has 92 valence electrons. The molecule has 1 aromatic rings. The fraction of sp³-hybridized carbons (Fsp3) is 0.417. The van der Waals surface area contributed by atoms with E-state index in [-0.39, 0.29) is 11.8 Å². The van der Waals surface area contributed by atoms with E-state index in [2.05, 4.69) is 5.32 Å². The van der Waals surface area contributed by atoms with Gasteiger partial charge in [-0.1, -0.05) is 29.3 Å². The van der Waals surface area contributed by atoms with Crippen molar-refractivity contribution in [2.24, 2.45) is 0 Å². The Bertz CT molecular complexity index is 399. The van der Waals surface area contributed by atoms with Crippen molar-refractivity contribution in [2.75, 3.05) is 18.1 Å². The van der Waals surface area contributed by atoms with E-state index in [0.29, 0.717) is 16.5 Å². The molecule has 1 aliphatic heterocycles. The van der Waals surface area contributed by atoms with Crippen LogP contribution in [0.2, 0.25) is 10.0 Å². The summed E-state index contributed by atoms with van der Waals surface area (Å²) in [6.45, 7) is 0.886. The van der Waals surface area contributed by atoms with E-state index < -0.39 is 0 Å². The topological polar surface area (TPSA) is 29.1 Å². The third kappa shape index (κ3) is 3.38. The lowest BCUT2D eigenvalue weighted by Crippen LogP contribution is -2.44. The standard InChI is InChI=1S/C12H13Cl2NOS/c13-9-2-1-3-10(14)8(9)6-12(16)11-7-17-5-4-15-11/h1-3,11,15H,4-7H2. The molecular weight excluding hydrogens is 277 g/mol. The Balaban J connectivity index is 2.07. The minimum absolute atomic E-state index is 0.0684. The fourth-order valence-corrected chi connectivity index (χ4v) is 3.27. The summed E-state index contributed by atoms with van der Waals surface area (Å²) in [5.74, 6) is 2.06. The maximum Gasteiger partial charge on any atom is 0.155 e. The highest BCUT2D eigenvalue weighted by molar-refractivity contribution is 7.99. The normalized spacial score (nSPS) is 20.2. The van der Waals surface area contributed by atoms with E-state index in [1.54, 1.807) is 30.0 Å². The quantitative estimate of drug-likeness (QED) is 0.928. The number of ketones is 1. The smallest absolute Gasteiger partial charge is 0.155 e. The van der Waals surface area contributed by atoms with Gasteiger partial charge in [0.25, 0.3) is 0 Å². The van der Waals surface area contributed by atoms with Crippen LogP contribution in [0.15, 0.2) is 18.2 Å². The summed E-state index contributed by atoms with van der Waals surface area (Å²) < 4.78 is 0. The number of hydrogen-bond donors (Lipinski definition) is 1. The predicted octanol–water partition coefficient (Wildman–Crippen LogP) is 2.81. The minimum atomic E-state index is -0.0684. The molecule has 1 atom stereocenters. The van der Waals surface area contributed by atoms with E-state index in [4.69, 9.17) is 23.2 Å². The lowest BCUT2D eigenvalue weighted by molar-refractivity contribution is -0.119. The Labute approximate surface area is 115 Å². The first-order chi connectivity index (χ1) is 8.18.